The van der Waals surface area contributed by atoms with Crippen LogP contribution in [0.3, 0.4) is 0 Å². The van der Waals surface area contributed by atoms with Crippen molar-refractivity contribution in [3.05, 3.63) is 66.1 Å². The lowest BCUT2D eigenvalue weighted by Gasteiger charge is -2.07. The molecule has 28 heavy (non-hydrogen) atoms. The van der Waals surface area contributed by atoms with Gasteiger partial charge in [-0.15, -0.1) is 0 Å². The minimum atomic E-state index is 0.416. The molecule has 3 heterocycles. The van der Waals surface area contributed by atoms with Gasteiger partial charge in [-0.2, -0.15) is 5.26 Å². The van der Waals surface area contributed by atoms with Gasteiger partial charge in [0, 0.05) is 17.3 Å². The van der Waals surface area contributed by atoms with E-state index >= 15 is 0 Å². The van der Waals surface area contributed by atoms with Crippen molar-refractivity contribution in [2.45, 2.75) is 6.92 Å². The Morgan fingerprint density at radius 3 is 2.57 bits per heavy atom. The molecule has 7 nitrogen and oxygen atoms in total. The zero-order valence-corrected chi connectivity index (χ0v) is 15.4. The first kappa shape index (κ1) is 17.4. The Morgan fingerprint density at radius 1 is 1.11 bits per heavy atom. The minimum absolute atomic E-state index is 0.416. The van der Waals surface area contributed by atoms with Crippen molar-refractivity contribution in [2.75, 3.05) is 12.8 Å². The monoisotopic (exact) mass is 371 g/mol. The largest absolute Gasteiger partial charge is 0.480 e. The lowest BCUT2D eigenvalue weighted by Crippen LogP contribution is -1.96. The number of methoxy groups -OCH3 is 1. The molecule has 2 N–H and O–H groups in total. The highest BCUT2D eigenvalue weighted by Gasteiger charge is 2.19. The molecule has 0 atom stereocenters. The molecule has 0 aliphatic carbocycles. The van der Waals surface area contributed by atoms with E-state index in [1.807, 2.05) is 43.3 Å². The minimum Gasteiger partial charge on any atom is -0.480 e. The van der Waals surface area contributed by atoms with Crippen LogP contribution >= 0.6 is 0 Å². The number of rotatable bonds is 4. The standard InChI is InChI=1S/C21H17N5O2/c1-13-4-3-5-18(25-13)28-15-8-6-14(7-9-15)20-16(10-22)17-11-24-19(27-2)12-26(17)21(20)23/h3-9,11-12H,23H2,1-2H3. The number of hydrogen-bond acceptors (Lipinski definition) is 6. The highest BCUT2D eigenvalue weighted by molar-refractivity contribution is 5.89. The molecular formula is C21H17N5O2. The molecule has 0 radical (unpaired) electrons. The molecular weight excluding hydrogens is 354 g/mol. The zero-order valence-electron chi connectivity index (χ0n) is 15.4. The van der Waals surface area contributed by atoms with E-state index in [0.717, 1.165) is 11.3 Å². The Morgan fingerprint density at radius 2 is 1.89 bits per heavy atom. The SMILES string of the molecule is COc1cn2c(N)c(-c3ccc(Oc4cccc(C)n4)cc3)c(C#N)c2cn1. The van der Waals surface area contributed by atoms with Gasteiger partial charge in [-0.05, 0) is 30.7 Å². The van der Waals surface area contributed by atoms with Crippen molar-refractivity contribution < 1.29 is 9.47 Å². The highest BCUT2D eigenvalue weighted by Crippen LogP contribution is 2.36. The van der Waals surface area contributed by atoms with Crippen LogP contribution in [0.5, 0.6) is 17.5 Å². The van der Waals surface area contributed by atoms with Crippen LogP contribution in [-0.4, -0.2) is 21.5 Å². The number of fused-ring (bicyclic) bond motifs is 1. The van der Waals surface area contributed by atoms with Gasteiger partial charge in [0.25, 0.3) is 0 Å². The van der Waals surface area contributed by atoms with Gasteiger partial charge >= 0.3 is 0 Å². The van der Waals surface area contributed by atoms with Crippen LogP contribution < -0.4 is 15.2 Å². The lowest BCUT2D eigenvalue weighted by atomic mass is 10.0. The summed E-state index contributed by atoms with van der Waals surface area (Å²) in [5.41, 5.74) is 9.76. The third-order valence-electron chi connectivity index (χ3n) is 4.38. The number of nitrogen functional groups attached to an aromatic ring is 1. The normalized spacial score (nSPS) is 10.6. The first-order valence-corrected chi connectivity index (χ1v) is 8.56. The van der Waals surface area contributed by atoms with Gasteiger partial charge in [-0.3, -0.25) is 4.40 Å². The predicted molar refractivity (Wildman–Crippen MR) is 105 cm³/mol. The summed E-state index contributed by atoms with van der Waals surface area (Å²) in [5.74, 6) is 2.03. The van der Waals surface area contributed by atoms with E-state index < -0.39 is 0 Å². The zero-order chi connectivity index (χ0) is 19.7. The molecule has 0 saturated carbocycles. The molecule has 7 heteroatoms. The highest BCUT2D eigenvalue weighted by atomic mass is 16.5. The van der Waals surface area contributed by atoms with E-state index in [1.165, 1.54) is 7.11 Å². The quantitative estimate of drug-likeness (QED) is 0.583. The van der Waals surface area contributed by atoms with Crippen molar-refractivity contribution >= 4 is 11.3 Å². The van der Waals surface area contributed by atoms with E-state index in [0.29, 0.717) is 40.0 Å². The average Bonchev–Trinajstić information content (AvgIpc) is 3.00. The number of nitrogens with two attached hydrogens (primary N) is 1. The number of aromatic nitrogens is 3. The summed E-state index contributed by atoms with van der Waals surface area (Å²) < 4.78 is 12.6. The van der Waals surface area contributed by atoms with Gasteiger partial charge in [0.2, 0.25) is 11.8 Å². The number of anilines is 1. The van der Waals surface area contributed by atoms with Crippen LogP contribution in [0, 0.1) is 18.3 Å². The number of ether oxygens (including phenoxy) is 2. The van der Waals surface area contributed by atoms with Crippen LogP contribution in [0.4, 0.5) is 5.82 Å². The third-order valence-corrected chi connectivity index (χ3v) is 4.38. The molecule has 0 saturated heterocycles. The topological polar surface area (TPSA) is 98.5 Å². The summed E-state index contributed by atoms with van der Waals surface area (Å²) >= 11 is 0. The van der Waals surface area contributed by atoms with Gasteiger partial charge in [0.1, 0.15) is 17.6 Å². The molecule has 0 spiro atoms. The van der Waals surface area contributed by atoms with Crippen molar-refractivity contribution in [2.24, 2.45) is 0 Å². The Hall–Kier alpha value is -4.05. The molecule has 1 aromatic carbocycles. The molecule has 138 valence electrons. The van der Waals surface area contributed by atoms with Crippen LogP contribution in [0.25, 0.3) is 16.6 Å². The summed E-state index contributed by atoms with van der Waals surface area (Å²) in [6.07, 6.45) is 3.24. The Bertz CT molecular complexity index is 1210. The van der Waals surface area contributed by atoms with Gasteiger partial charge in [0.15, 0.2) is 0 Å². The first-order chi connectivity index (χ1) is 13.6. The van der Waals surface area contributed by atoms with Crippen LogP contribution in [0.2, 0.25) is 0 Å². The number of hydrogen-bond donors (Lipinski definition) is 1. The van der Waals surface area contributed by atoms with Gasteiger partial charge in [0.05, 0.1) is 30.6 Å². The van der Waals surface area contributed by atoms with Crippen LogP contribution in [-0.2, 0) is 0 Å². The number of nitrogens with zero attached hydrogens (tertiary/aromatic N) is 4. The summed E-state index contributed by atoms with van der Waals surface area (Å²) in [7, 11) is 1.53. The maximum Gasteiger partial charge on any atom is 0.230 e. The van der Waals surface area contributed by atoms with Crippen molar-refractivity contribution in [1.29, 1.82) is 5.26 Å². The molecule has 0 amide bonds. The number of benzene rings is 1. The first-order valence-electron chi connectivity index (χ1n) is 8.56. The number of aryl methyl sites for hydroxylation is 1. The van der Waals surface area contributed by atoms with Gasteiger partial charge in [-0.25, -0.2) is 9.97 Å². The summed E-state index contributed by atoms with van der Waals surface area (Å²) in [6, 6.07) is 15.2. The average molecular weight is 371 g/mol. The number of pyridine rings is 1. The molecule has 0 aliphatic rings. The van der Waals surface area contributed by atoms with E-state index in [4.69, 9.17) is 15.2 Å². The Labute approximate surface area is 161 Å². The van der Waals surface area contributed by atoms with Crippen LogP contribution in [0.15, 0.2) is 54.9 Å². The van der Waals surface area contributed by atoms with Crippen molar-refractivity contribution in [3.63, 3.8) is 0 Å². The fourth-order valence-electron chi connectivity index (χ4n) is 3.06. The second-order valence-corrected chi connectivity index (χ2v) is 6.18. The van der Waals surface area contributed by atoms with Crippen molar-refractivity contribution in [1.82, 2.24) is 14.4 Å². The molecule has 0 bridgehead atoms. The predicted octanol–water partition coefficient (Wildman–Crippen LogP) is 3.96. The lowest BCUT2D eigenvalue weighted by molar-refractivity contribution is 0.395. The van der Waals surface area contributed by atoms with Gasteiger partial charge in [-0.1, -0.05) is 18.2 Å². The maximum absolute atomic E-state index is 9.68. The molecule has 0 fully saturated rings. The van der Waals surface area contributed by atoms with Gasteiger partial charge < -0.3 is 15.2 Å². The summed E-state index contributed by atoms with van der Waals surface area (Å²) in [5, 5.41) is 9.68. The Kier molecular flexibility index (Phi) is 4.30. The molecule has 4 aromatic rings. The molecule has 3 aromatic heterocycles. The summed E-state index contributed by atoms with van der Waals surface area (Å²) in [6.45, 7) is 1.91. The maximum atomic E-state index is 9.68. The van der Waals surface area contributed by atoms with Crippen molar-refractivity contribution in [3.8, 4) is 34.7 Å². The molecule has 4 rings (SSSR count). The fourth-order valence-corrected chi connectivity index (χ4v) is 3.06. The third kappa shape index (κ3) is 2.97. The molecule has 0 aliphatic heterocycles. The number of nitriles is 1. The van der Waals surface area contributed by atoms with E-state index in [-0.39, 0.29) is 0 Å². The molecule has 0 unspecified atom stereocenters. The van der Waals surface area contributed by atoms with E-state index in [9.17, 15) is 5.26 Å². The summed E-state index contributed by atoms with van der Waals surface area (Å²) in [4.78, 5) is 8.50. The van der Waals surface area contributed by atoms with E-state index in [2.05, 4.69) is 16.0 Å². The second kappa shape index (κ2) is 6.93. The van der Waals surface area contributed by atoms with E-state index in [1.54, 1.807) is 22.9 Å². The fraction of sp³-hybridized carbons (Fsp3) is 0.0952. The van der Waals surface area contributed by atoms with Crippen LogP contribution in [0.1, 0.15) is 11.3 Å². The second-order valence-electron chi connectivity index (χ2n) is 6.18. The Balaban J connectivity index is 1.74. The smallest absolute Gasteiger partial charge is 0.230 e.